The normalized spacial score (nSPS) is 28.5. The van der Waals surface area contributed by atoms with Gasteiger partial charge in [0.1, 0.15) is 5.92 Å². The molecule has 3 rings (SSSR count). The number of fused-ring (bicyclic) bond motifs is 2. The van der Waals surface area contributed by atoms with Crippen LogP contribution in [0.1, 0.15) is 10.4 Å². The molecule has 0 radical (unpaired) electrons. The van der Waals surface area contributed by atoms with Crippen LogP contribution in [0, 0.1) is 11.8 Å². The SMILES string of the molecule is O=C(O)c1ccc(NC(=O)[C@H]2[C@@H](C(=O)O)[C@H]3C=C[C@H]2O3)cc1. The molecule has 7 heteroatoms. The first-order chi connectivity index (χ1) is 10.5. The van der Waals surface area contributed by atoms with Crippen LogP contribution in [0.5, 0.6) is 0 Å². The number of aromatic carboxylic acids is 1. The van der Waals surface area contributed by atoms with Gasteiger partial charge in [0.15, 0.2) is 0 Å². The molecule has 0 spiro atoms. The first kappa shape index (κ1) is 14.3. The lowest BCUT2D eigenvalue weighted by Gasteiger charge is -2.21. The monoisotopic (exact) mass is 303 g/mol. The fourth-order valence-electron chi connectivity index (χ4n) is 2.84. The second-order valence-corrected chi connectivity index (χ2v) is 5.21. The molecule has 114 valence electrons. The third kappa shape index (κ3) is 2.35. The van der Waals surface area contributed by atoms with Crippen molar-refractivity contribution in [2.75, 3.05) is 5.32 Å². The van der Waals surface area contributed by atoms with E-state index in [4.69, 9.17) is 9.84 Å². The lowest BCUT2D eigenvalue weighted by molar-refractivity contribution is -0.145. The molecule has 2 aliphatic rings. The minimum absolute atomic E-state index is 0.104. The molecule has 1 saturated heterocycles. The molecule has 2 bridgehead atoms. The zero-order valence-electron chi connectivity index (χ0n) is 11.3. The first-order valence-corrected chi connectivity index (χ1v) is 6.68. The maximum Gasteiger partial charge on any atom is 0.335 e. The molecule has 3 N–H and O–H groups in total. The number of rotatable bonds is 4. The van der Waals surface area contributed by atoms with Gasteiger partial charge in [0.25, 0.3) is 0 Å². The van der Waals surface area contributed by atoms with Gasteiger partial charge in [-0.3, -0.25) is 9.59 Å². The van der Waals surface area contributed by atoms with E-state index in [9.17, 15) is 19.5 Å². The Hall–Kier alpha value is -2.67. The van der Waals surface area contributed by atoms with E-state index in [0.29, 0.717) is 5.69 Å². The molecule has 1 fully saturated rings. The molecule has 2 aliphatic heterocycles. The Labute approximate surface area is 125 Å². The number of aliphatic carboxylic acids is 1. The van der Waals surface area contributed by atoms with E-state index < -0.39 is 41.9 Å². The van der Waals surface area contributed by atoms with Crippen molar-refractivity contribution in [3.05, 3.63) is 42.0 Å². The smallest absolute Gasteiger partial charge is 0.335 e. The quantitative estimate of drug-likeness (QED) is 0.715. The summed E-state index contributed by atoms with van der Waals surface area (Å²) >= 11 is 0. The van der Waals surface area contributed by atoms with Gasteiger partial charge in [-0.25, -0.2) is 4.79 Å². The zero-order chi connectivity index (χ0) is 15.9. The van der Waals surface area contributed by atoms with E-state index in [1.807, 2.05) is 0 Å². The molecular formula is C15H13NO6. The van der Waals surface area contributed by atoms with E-state index in [1.165, 1.54) is 24.3 Å². The summed E-state index contributed by atoms with van der Waals surface area (Å²) in [5.74, 6) is -4.29. The topological polar surface area (TPSA) is 113 Å². The van der Waals surface area contributed by atoms with Crippen molar-refractivity contribution >= 4 is 23.5 Å². The number of nitrogens with one attached hydrogen (secondary N) is 1. The third-order valence-electron chi connectivity index (χ3n) is 3.89. The first-order valence-electron chi connectivity index (χ1n) is 6.68. The molecule has 4 atom stereocenters. The highest BCUT2D eigenvalue weighted by molar-refractivity contribution is 5.97. The van der Waals surface area contributed by atoms with Gasteiger partial charge < -0.3 is 20.3 Å². The summed E-state index contributed by atoms with van der Waals surface area (Å²) in [5.41, 5.74) is 0.512. The number of ether oxygens (including phenoxy) is 1. The van der Waals surface area contributed by atoms with Crippen LogP contribution < -0.4 is 5.32 Å². The van der Waals surface area contributed by atoms with Crippen molar-refractivity contribution < 1.29 is 29.3 Å². The highest BCUT2D eigenvalue weighted by Gasteiger charge is 2.53. The number of amides is 1. The molecule has 1 aromatic carbocycles. The van der Waals surface area contributed by atoms with Crippen LogP contribution in [0.2, 0.25) is 0 Å². The molecule has 2 heterocycles. The largest absolute Gasteiger partial charge is 0.481 e. The maximum absolute atomic E-state index is 12.3. The summed E-state index contributed by atoms with van der Waals surface area (Å²) in [6, 6.07) is 5.65. The Bertz CT molecular complexity index is 665. The van der Waals surface area contributed by atoms with Gasteiger partial charge in [0.2, 0.25) is 5.91 Å². The molecular weight excluding hydrogens is 290 g/mol. The van der Waals surface area contributed by atoms with E-state index in [0.717, 1.165) is 0 Å². The average molecular weight is 303 g/mol. The lowest BCUT2D eigenvalue weighted by Crippen LogP contribution is -2.39. The fourth-order valence-corrected chi connectivity index (χ4v) is 2.84. The molecule has 0 saturated carbocycles. The van der Waals surface area contributed by atoms with Gasteiger partial charge in [0, 0.05) is 5.69 Å². The molecule has 1 aromatic rings. The van der Waals surface area contributed by atoms with Crippen molar-refractivity contribution in [1.82, 2.24) is 0 Å². The van der Waals surface area contributed by atoms with Crippen LogP contribution in [0.3, 0.4) is 0 Å². The molecule has 0 aromatic heterocycles. The minimum Gasteiger partial charge on any atom is -0.481 e. The van der Waals surface area contributed by atoms with Gasteiger partial charge in [-0.15, -0.1) is 0 Å². The minimum atomic E-state index is -1.07. The molecule has 7 nitrogen and oxygen atoms in total. The lowest BCUT2D eigenvalue weighted by atomic mass is 9.82. The standard InChI is InChI=1S/C15H13NO6/c17-13(16-8-3-1-7(2-4-8)14(18)19)11-9-5-6-10(22-9)12(11)15(20)21/h1-6,9-12H,(H,16,17)(H,18,19)(H,20,21)/t9-,10-,11-,12+/m1/s1. The Morgan fingerprint density at radius 3 is 2.09 bits per heavy atom. The molecule has 1 amide bonds. The molecule has 0 unspecified atom stereocenters. The van der Waals surface area contributed by atoms with Crippen LogP contribution in [0.4, 0.5) is 5.69 Å². The Kier molecular flexibility index (Phi) is 3.42. The highest BCUT2D eigenvalue weighted by Crippen LogP contribution is 2.39. The number of hydrogen-bond acceptors (Lipinski definition) is 4. The van der Waals surface area contributed by atoms with Gasteiger partial charge in [-0.05, 0) is 24.3 Å². The van der Waals surface area contributed by atoms with Gasteiger partial charge in [-0.2, -0.15) is 0 Å². The maximum atomic E-state index is 12.3. The van der Waals surface area contributed by atoms with Crippen molar-refractivity contribution in [3.8, 4) is 0 Å². The summed E-state index contributed by atoms with van der Waals surface area (Å²) in [5, 5.41) is 20.7. The number of benzene rings is 1. The van der Waals surface area contributed by atoms with E-state index in [2.05, 4.69) is 5.32 Å². The van der Waals surface area contributed by atoms with E-state index >= 15 is 0 Å². The third-order valence-corrected chi connectivity index (χ3v) is 3.89. The average Bonchev–Trinajstić information content (AvgIpc) is 3.08. The Balaban J connectivity index is 1.75. The van der Waals surface area contributed by atoms with Crippen LogP contribution in [-0.4, -0.2) is 40.3 Å². The predicted molar refractivity (Wildman–Crippen MR) is 74.4 cm³/mol. The second kappa shape index (κ2) is 5.27. The molecule has 22 heavy (non-hydrogen) atoms. The number of carboxylic acids is 2. The zero-order valence-corrected chi connectivity index (χ0v) is 11.3. The van der Waals surface area contributed by atoms with Crippen molar-refractivity contribution in [2.45, 2.75) is 12.2 Å². The predicted octanol–water partition coefficient (Wildman–Crippen LogP) is 0.977. The van der Waals surface area contributed by atoms with Crippen molar-refractivity contribution in [2.24, 2.45) is 11.8 Å². The van der Waals surface area contributed by atoms with Crippen LogP contribution >= 0.6 is 0 Å². The van der Waals surface area contributed by atoms with E-state index in [-0.39, 0.29) is 5.56 Å². The van der Waals surface area contributed by atoms with Crippen LogP contribution in [0.25, 0.3) is 0 Å². The van der Waals surface area contributed by atoms with Gasteiger partial charge in [0.05, 0.1) is 23.7 Å². The summed E-state index contributed by atoms with van der Waals surface area (Å²) in [4.78, 5) is 34.4. The summed E-state index contributed by atoms with van der Waals surface area (Å²) in [6.07, 6.45) is 2.24. The number of hydrogen-bond donors (Lipinski definition) is 3. The number of carbonyl (C=O) groups excluding carboxylic acids is 1. The Morgan fingerprint density at radius 1 is 0.955 bits per heavy atom. The summed E-state index contributed by atoms with van der Waals surface area (Å²) < 4.78 is 5.44. The summed E-state index contributed by atoms with van der Waals surface area (Å²) in [6.45, 7) is 0. The number of carboxylic acid groups (broad SMARTS) is 2. The molecule has 0 aliphatic carbocycles. The highest BCUT2D eigenvalue weighted by atomic mass is 16.5. The Morgan fingerprint density at radius 2 is 1.55 bits per heavy atom. The number of carbonyl (C=O) groups is 3. The second-order valence-electron chi connectivity index (χ2n) is 5.21. The fraction of sp³-hybridized carbons (Fsp3) is 0.267. The number of anilines is 1. The van der Waals surface area contributed by atoms with Crippen LogP contribution in [-0.2, 0) is 14.3 Å². The van der Waals surface area contributed by atoms with Gasteiger partial charge >= 0.3 is 11.9 Å². The van der Waals surface area contributed by atoms with Gasteiger partial charge in [-0.1, -0.05) is 12.2 Å². The van der Waals surface area contributed by atoms with Crippen LogP contribution in [0.15, 0.2) is 36.4 Å². The van der Waals surface area contributed by atoms with Crippen molar-refractivity contribution in [1.29, 1.82) is 0 Å². The van der Waals surface area contributed by atoms with Crippen molar-refractivity contribution in [3.63, 3.8) is 0 Å². The van der Waals surface area contributed by atoms with E-state index in [1.54, 1.807) is 12.2 Å². The summed E-state index contributed by atoms with van der Waals surface area (Å²) in [7, 11) is 0.